The molecule has 4 nitrogen and oxygen atoms in total. The number of benzene rings is 1. The molecule has 2 aromatic rings. The summed E-state index contributed by atoms with van der Waals surface area (Å²) in [5.41, 5.74) is 7.14. The molecule has 1 heterocycles. The number of nitrogens with one attached hydrogen (secondary N) is 1. The van der Waals surface area contributed by atoms with E-state index in [-0.39, 0.29) is 10.8 Å². The van der Waals surface area contributed by atoms with Gasteiger partial charge in [-0.15, -0.1) is 0 Å². The molecule has 2 rings (SSSR count). The second kappa shape index (κ2) is 5.18. The van der Waals surface area contributed by atoms with Gasteiger partial charge in [-0.3, -0.25) is 0 Å². The quantitative estimate of drug-likeness (QED) is 0.896. The standard InChI is InChI=1S/C12H12ClFN4/c1-2-8-11(15)16-6-17-12(8)18-10-4-3-7(14)5-9(10)13/h3-6H,2H2,1H3,(H3,15,16,17,18). The Morgan fingerprint density at radius 1 is 1.39 bits per heavy atom. The van der Waals surface area contributed by atoms with E-state index >= 15 is 0 Å². The summed E-state index contributed by atoms with van der Waals surface area (Å²) >= 11 is 5.94. The summed E-state index contributed by atoms with van der Waals surface area (Å²) in [6.45, 7) is 1.95. The predicted octanol–water partition coefficient (Wildman–Crippen LogP) is 3.16. The molecular weight excluding hydrogens is 255 g/mol. The van der Waals surface area contributed by atoms with Crippen LogP contribution in [0.25, 0.3) is 0 Å². The molecule has 0 aliphatic heterocycles. The Bertz CT molecular complexity index is 574. The van der Waals surface area contributed by atoms with Crippen LogP contribution >= 0.6 is 11.6 Å². The minimum absolute atomic E-state index is 0.286. The van der Waals surface area contributed by atoms with Crippen molar-refractivity contribution in [1.29, 1.82) is 0 Å². The molecule has 94 valence electrons. The van der Waals surface area contributed by atoms with E-state index in [1.807, 2.05) is 6.92 Å². The highest BCUT2D eigenvalue weighted by Gasteiger charge is 2.09. The number of aromatic nitrogens is 2. The van der Waals surface area contributed by atoms with E-state index in [2.05, 4.69) is 15.3 Å². The number of rotatable bonds is 3. The highest BCUT2D eigenvalue weighted by atomic mass is 35.5. The van der Waals surface area contributed by atoms with E-state index < -0.39 is 0 Å². The summed E-state index contributed by atoms with van der Waals surface area (Å²) < 4.78 is 12.9. The highest BCUT2D eigenvalue weighted by Crippen LogP contribution is 2.28. The number of nitrogens with two attached hydrogens (primary N) is 1. The summed E-state index contributed by atoms with van der Waals surface area (Å²) in [6.07, 6.45) is 2.06. The Morgan fingerprint density at radius 3 is 2.83 bits per heavy atom. The fourth-order valence-corrected chi connectivity index (χ4v) is 1.82. The molecule has 0 saturated carbocycles. The van der Waals surface area contributed by atoms with Gasteiger partial charge in [-0.1, -0.05) is 18.5 Å². The lowest BCUT2D eigenvalue weighted by molar-refractivity contribution is 0.628. The number of hydrogen-bond donors (Lipinski definition) is 2. The second-order valence-electron chi connectivity index (χ2n) is 3.69. The first kappa shape index (κ1) is 12.6. The van der Waals surface area contributed by atoms with Crippen molar-refractivity contribution in [3.8, 4) is 0 Å². The van der Waals surface area contributed by atoms with Crippen LogP contribution in [-0.4, -0.2) is 9.97 Å². The maximum absolute atomic E-state index is 12.9. The molecule has 1 aromatic carbocycles. The van der Waals surface area contributed by atoms with E-state index in [0.717, 1.165) is 5.56 Å². The predicted molar refractivity (Wildman–Crippen MR) is 70.5 cm³/mol. The van der Waals surface area contributed by atoms with Gasteiger partial charge in [-0.05, 0) is 24.6 Å². The molecule has 0 spiro atoms. The zero-order valence-corrected chi connectivity index (χ0v) is 10.5. The largest absolute Gasteiger partial charge is 0.383 e. The Labute approximate surface area is 109 Å². The average molecular weight is 267 g/mol. The van der Waals surface area contributed by atoms with Gasteiger partial charge in [-0.2, -0.15) is 0 Å². The molecule has 6 heteroatoms. The first-order valence-corrected chi connectivity index (χ1v) is 5.81. The number of hydrogen-bond acceptors (Lipinski definition) is 4. The molecule has 0 aliphatic rings. The number of halogens is 2. The van der Waals surface area contributed by atoms with E-state index in [4.69, 9.17) is 17.3 Å². The summed E-state index contributed by atoms with van der Waals surface area (Å²) in [7, 11) is 0. The first-order valence-electron chi connectivity index (χ1n) is 5.43. The van der Waals surface area contributed by atoms with E-state index in [9.17, 15) is 4.39 Å². The van der Waals surface area contributed by atoms with Crippen LogP contribution in [0.5, 0.6) is 0 Å². The van der Waals surface area contributed by atoms with E-state index in [1.165, 1.54) is 18.5 Å². The van der Waals surface area contributed by atoms with Crippen molar-refractivity contribution in [3.63, 3.8) is 0 Å². The normalized spacial score (nSPS) is 10.4. The van der Waals surface area contributed by atoms with Crippen LogP contribution in [0.3, 0.4) is 0 Å². The Balaban J connectivity index is 2.37. The van der Waals surface area contributed by atoms with Gasteiger partial charge in [0.1, 0.15) is 23.8 Å². The van der Waals surface area contributed by atoms with Gasteiger partial charge in [0.25, 0.3) is 0 Å². The summed E-state index contributed by atoms with van der Waals surface area (Å²) in [4.78, 5) is 8.04. The van der Waals surface area contributed by atoms with Crippen LogP contribution in [0.4, 0.5) is 21.7 Å². The lowest BCUT2D eigenvalue weighted by Gasteiger charge is -2.12. The maximum Gasteiger partial charge on any atom is 0.139 e. The molecule has 3 N–H and O–H groups in total. The van der Waals surface area contributed by atoms with Crippen molar-refractivity contribution >= 4 is 28.9 Å². The number of anilines is 3. The van der Waals surface area contributed by atoms with Gasteiger partial charge < -0.3 is 11.1 Å². The van der Waals surface area contributed by atoms with Gasteiger partial charge in [0, 0.05) is 5.56 Å². The van der Waals surface area contributed by atoms with Crippen LogP contribution in [0.1, 0.15) is 12.5 Å². The van der Waals surface area contributed by atoms with Gasteiger partial charge >= 0.3 is 0 Å². The first-order chi connectivity index (χ1) is 8.61. The van der Waals surface area contributed by atoms with Crippen LogP contribution in [0.2, 0.25) is 5.02 Å². The van der Waals surface area contributed by atoms with Gasteiger partial charge in [0.05, 0.1) is 10.7 Å². The molecule has 0 aliphatic carbocycles. The molecule has 1 aromatic heterocycles. The summed E-state index contributed by atoms with van der Waals surface area (Å²) in [5, 5.41) is 3.32. The Kier molecular flexibility index (Phi) is 3.62. The fourth-order valence-electron chi connectivity index (χ4n) is 1.60. The summed E-state index contributed by atoms with van der Waals surface area (Å²) in [6, 6.07) is 4.11. The van der Waals surface area contributed by atoms with Crippen molar-refractivity contribution in [2.75, 3.05) is 11.1 Å². The SMILES string of the molecule is CCc1c(N)ncnc1Nc1ccc(F)cc1Cl. The molecule has 0 fully saturated rings. The molecule has 18 heavy (non-hydrogen) atoms. The van der Waals surface area contributed by atoms with Crippen molar-refractivity contribution in [1.82, 2.24) is 9.97 Å². The monoisotopic (exact) mass is 266 g/mol. The van der Waals surface area contributed by atoms with E-state index in [1.54, 1.807) is 6.07 Å². The zero-order valence-electron chi connectivity index (χ0n) is 9.74. The minimum Gasteiger partial charge on any atom is -0.383 e. The van der Waals surface area contributed by atoms with Crippen LogP contribution < -0.4 is 11.1 Å². The van der Waals surface area contributed by atoms with Crippen molar-refractivity contribution < 1.29 is 4.39 Å². The molecule has 0 atom stereocenters. The van der Waals surface area contributed by atoms with Crippen LogP contribution in [0, 0.1) is 5.82 Å². The molecule has 0 unspecified atom stereocenters. The average Bonchev–Trinajstić information content (AvgIpc) is 2.33. The van der Waals surface area contributed by atoms with Crippen molar-refractivity contribution in [2.24, 2.45) is 0 Å². The van der Waals surface area contributed by atoms with Crippen LogP contribution in [0.15, 0.2) is 24.5 Å². The summed E-state index contributed by atoms with van der Waals surface area (Å²) in [5.74, 6) is 0.621. The topological polar surface area (TPSA) is 63.8 Å². The molecule has 0 saturated heterocycles. The third-order valence-electron chi connectivity index (χ3n) is 2.52. The smallest absolute Gasteiger partial charge is 0.139 e. The molecular formula is C12H12ClFN4. The minimum atomic E-state index is -0.386. The third kappa shape index (κ3) is 2.51. The highest BCUT2D eigenvalue weighted by molar-refractivity contribution is 6.33. The fraction of sp³-hybridized carbons (Fsp3) is 0.167. The van der Waals surface area contributed by atoms with Gasteiger partial charge in [0.15, 0.2) is 0 Å². The lowest BCUT2D eigenvalue weighted by atomic mass is 10.2. The zero-order chi connectivity index (χ0) is 13.1. The van der Waals surface area contributed by atoms with Crippen LogP contribution in [-0.2, 0) is 6.42 Å². The van der Waals surface area contributed by atoms with Gasteiger partial charge in [0.2, 0.25) is 0 Å². The van der Waals surface area contributed by atoms with E-state index in [0.29, 0.717) is 23.7 Å². The Morgan fingerprint density at radius 2 is 2.17 bits per heavy atom. The molecule has 0 bridgehead atoms. The Hall–Kier alpha value is -1.88. The van der Waals surface area contributed by atoms with Crippen molar-refractivity contribution in [3.05, 3.63) is 40.9 Å². The third-order valence-corrected chi connectivity index (χ3v) is 2.83. The maximum atomic E-state index is 12.9. The van der Waals surface area contributed by atoms with Crippen molar-refractivity contribution in [2.45, 2.75) is 13.3 Å². The lowest BCUT2D eigenvalue weighted by Crippen LogP contribution is -2.04. The van der Waals surface area contributed by atoms with Gasteiger partial charge in [-0.25, -0.2) is 14.4 Å². The molecule has 0 radical (unpaired) electrons. The number of nitrogen functional groups attached to an aromatic ring is 1. The number of nitrogens with zero attached hydrogens (tertiary/aromatic N) is 2. The molecule has 0 amide bonds. The second-order valence-corrected chi connectivity index (χ2v) is 4.10.